The maximum Gasteiger partial charge on any atom is 0.493 e. The molecular formula is C42H46BN3O2. The minimum Gasteiger partial charge on any atom is -0.408 e. The highest BCUT2D eigenvalue weighted by Gasteiger charge is 2.35. The predicted octanol–water partition coefficient (Wildman–Crippen LogP) is 10.3. The number of nitrogens with zero attached hydrogens (tertiary/aromatic N) is 3. The molecule has 244 valence electrons. The number of hydrogen-bond donors (Lipinski definition) is 0. The van der Waals surface area contributed by atoms with Gasteiger partial charge in [-0.05, 0) is 86.7 Å². The molecule has 2 unspecified atom stereocenters. The van der Waals surface area contributed by atoms with Crippen LogP contribution < -0.4 is 0 Å². The Morgan fingerprint density at radius 3 is 2.15 bits per heavy atom. The molecule has 1 heterocycles. The summed E-state index contributed by atoms with van der Waals surface area (Å²) in [6, 6.07) is 27.6. The topological polar surface area (TPSA) is 57.1 Å². The van der Waals surface area contributed by atoms with Crippen LogP contribution >= 0.6 is 0 Å². The lowest BCUT2D eigenvalue weighted by Crippen LogP contribution is -2.37. The summed E-state index contributed by atoms with van der Waals surface area (Å²) in [5, 5.41) is 0. The summed E-state index contributed by atoms with van der Waals surface area (Å²) < 4.78 is 12.4. The minimum atomic E-state index is -0.428. The van der Waals surface area contributed by atoms with Gasteiger partial charge in [-0.3, -0.25) is 0 Å². The molecule has 0 N–H and O–H groups in total. The van der Waals surface area contributed by atoms with Crippen molar-refractivity contribution in [2.45, 2.75) is 71.8 Å². The van der Waals surface area contributed by atoms with Gasteiger partial charge in [-0.1, -0.05) is 123 Å². The van der Waals surface area contributed by atoms with E-state index in [0.29, 0.717) is 24.2 Å². The summed E-state index contributed by atoms with van der Waals surface area (Å²) in [7, 11) is -0.418. The van der Waals surface area contributed by atoms with E-state index in [-0.39, 0.29) is 5.60 Å². The van der Waals surface area contributed by atoms with Crippen molar-refractivity contribution in [3.63, 3.8) is 0 Å². The second-order valence-electron chi connectivity index (χ2n) is 13.7. The highest BCUT2D eigenvalue weighted by atomic mass is 16.6. The number of rotatable bonds is 11. The number of benzene rings is 3. The lowest BCUT2D eigenvalue weighted by atomic mass is 9.69. The van der Waals surface area contributed by atoms with Gasteiger partial charge in [0.25, 0.3) is 0 Å². The molecule has 4 aromatic rings. The Kier molecular flexibility index (Phi) is 10.0. The lowest BCUT2D eigenvalue weighted by molar-refractivity contribution is 0.0688. The molecule has 2 aliphatic carbocycles. The van der Waals surface area contributed by atoms with Crippen molar-refractivity contribution in [2.75, 3.05) is 6.61 Å². The molecule has 0 saturated carbocycles. The second kappa shape index (κ2) is 14.4. The fraction of sp³-hybridized carbons (Fsp3) is 0.310. The zero-order valence-corrected chi connectivity index (χ0v) is 29.1. The van der Waals surface area contributed by atoms with E-state index in [2.05, 4.69) is 120 Å². The third-order valence-electron chi connectivity index (χ3n) is 9.56. The Morgan fingerprint density at radius 2 is 1.50 bits per heavy atom. The predicted molar refractivity (Wildman–Crippen MR) is 199 cm³/mol. The van der Waals surface area contributed by atoms with Crippen molar-refractivity contribution in [1.29, 1.82) is 0 Å². The van der Waals surface area contributed by atoms with Crippen LogP contribution in [0.25, 0.3) is 39.5 Å². The summed E-state index contributed by atoms with van der Waals surface area (Å²) >= 11 is 0. The van der Waals surface area contributed by atoms with Crippen LogP contribution in [0.4, 0.5) is 0 Å². The van der Waals surface area contributed by atoms with E-state index < -0.39 is 12.5 Å². The van der Waals surface area contributed by atoms with Crippen LogP contribution in [-0.2, 0) is 14.7 Å². The number of aromatic nitrogens is 3. The fourth-order valence-electron chi connectivity index (χ4n) is 6.10. The van der Waals surface area contributed by atoms with Crippen LogP contribution in [0.1, 0.15) is 72.2 Å². The van der Waals surface area contributed by atoms with Gasteiger partial charge >= 0.3 is 7.12 Å². The Bertz CT molecular complexity index is 1860. The molecule has 0 fully saturated rings. The zero-order valence-electron chi connectivity index (χ0n) is 29.1. The molecule has 2 aliphatic rings. The third-order valence-corrected chi connectivity index (χ3v) is 9.56. The van der Waals surface area contributed by atoms with Crippen LogP contribution in [0.3, 0.4) is 0 Å². The van der Waals surface area contributed by atoms with E-state index in [1.165, 1.54) is 16.7 Å². The molecular weight excluding hydrogens is 589 g/mol. The summed E-state index contributed by atoms with van der Waals surface area (Å²) in [4.78, 5) is 15.2. The van der Waals surface area contributed by atoms with Gasteiger partial charge in [0, 0.05) is 28.7 Å². The Balaban J connectivity index is 1.32. The van der Waals surface area contributed by atoms with Crippen LogP contribution in [-0.4, -0.2) is 34.3 Å². The average Bonchev–Trinajstić information content (AvgIpc) is 3.12. The summed E-state index contributed by atoms with van der Waals surface area (Å²) in [6.45, 7) is 13.4. The first kappa shape index (κ1) is 33.5. The van der Waals surface area contributed by atoms with Gasteiger partial charge in [0.1, 0.15) is 5.82 Å². The first-order chi connectivity index (χ1) is 23.2. The first-order valence-electron chi connectivity index (χ1n) is 17.3. The summed E-state index contributed by atoms with van der Waals surface area (Å²) in [6.07, 6.45) is 15.9. The molecule has 0 saturated heterocycles. The van der Waals surface area contributed by atoms with Gasteiger partial charge in [0.2, 0.25) is 0 Å². The Labute approximate surface area is 286 Å². The normalized spacial score (nSPS) is 19.2. The number of allylic oxidation sites excluding steroid dienone is 8. The second-order valence-corrected chi connectivity index (χ2v) is 13.7. The Morgan fingerprint density at radius 1 is 0.833 bits per heavy atom. The van der Waals surface area contributed by atoms with Crippen LogP contribution in [0.2, 0.25) is 0 Å². The van der Waals surface area contributed by atoms with Crippen molar-refractivity contribution in [2.24, 2.45) is 5.92 Å². The van der Waals surface area contributed by atoms with Gasteiger partial charge in [-0.15, -0.1) is 0 Å². The summed E-state index contributed by atoms with van der Waals surface area (Å²) in [5.74, 6) is 2.58. The lowest BCUT2D eigenvalue weighted by Gasteiger charge is -2.31. The monoisotopic (exact) mass is 635 g/mol. The first-order valence-corrected chi connectivity index (χ1v) is 17.3. The van der Waals surface area contributed by atoms with E-state index in [0.717, 1.165) is 47.2 Å². The average molecular weight is 636 g/mol. The largest absolute Gasteiger partial charge is 0.493 e. The minimum absolute atomic E-state index is 0.287. The van der Waals surface area contributed by atoms with Crippen molar-refractivity contribution >= 4 is 12.7 Å². The van der Waals surface area contributed by atoms with Gasteiger partial charge in [-0.2, -0.15) is 0 Å². The van der Waals surface area contributed by atoms with Crippen LogP contribution in [0.15, 0.2) is 121 Å². The van der Waals surface area contributed by atoms with Crippen molar-refractivity contribution in [1.82, 2.24) is 15.0 Å². The zero-order chi connectivity index (χ0) is 33.7. The summed E-state index contributed by atoms with van der Waals surface area (Å²) in [5.41, 5.74) is 7.25. The van der Waals surface area contributed by atoms with E-state index in [1.54, 1.807) is 0 Å². The van der Waals surface area contributed by atoms with E-state index >= 15 is 0 Å². The highest BCUT2D eigenvalue weighted by Crippen LogP contribution is 2.36. The molecule has 0 aliphatic heterocycles. The molecule has 0 bridgehead atoms. The molecule has 3 aromatic carbocycles. The van der Waals surface area contributed by atoms with Gasteiger partial charge in [0.05, 0.1) is 0 Å². The maximum absolute atomic E-state index is 6.39. The smallest absolute Gasteiger partial charge is 0.408 e. The van der Waals surface area contributed by atoms with Crippen LogP contribution in [0, 0.1) is 5.92 Å². The molecule has 48 heavy (non-hydrogen) atoms. The van der Waals surface area contributed by atoms with Crippen molar-refractivity contribution < 1.29 is 9.31 Å². The molecule has 6 heteroatoms. The Hall–Kier alpha value is -4.39. The SMILES string of the molecule is CCOB(OC(C)(C)CC)C1=CCC(C)(c2nc(-c3ccccc3)nc(-c3ccc(-c4cccc(C5=CC=CCC5C)c4)cc3)n2)C=C1. The maximum atomic E-state index is 6.39. The third kappa shape index (κ3) is 7.51. The molecule has 5 nitrogen and oxygen atoms in total. The molecule has 6 rings (SSSR count). The molecule has 0 amide bonds. The number of hydrogen-bond acceptors (Lipinski definition) is 5. The fourth-order valence-corrected chi connectivity index (χ4v) is 6.10. The standard InChI is InChI=1S/C42H46BN3O2/c1-7-41(4,5)48-43(47-8-2)36-25-27-42(6,28-26-36)40-45-38(32-16-10-9-11-17-32)44-39(46-40)33-23-21-31(22-24-33)34-18-14-19-35(29-34)37-20-13-12-15-30(37)3/h9-14,16-27,29-30H,7-8,15,28H2,1-6H3. The highest BCUT2D eigenvalue weighted by molar-refractivity contribution is 6.55. The quantitative estimate of drug-likeness (QED) is 0.154. The van der Waals surface area contributed by atoms with Crippen molar-refractivity contribution in [3.8, 4) is 33.9 Å². The molecule has 1 aromatic heterocycles. The van der Waals surface area contributed by atoms with Crippen molar-refractivity contribution in [3.05, 3.63) is 132 Å². The van der Waals surface area contributed by atoms with Crippen LogP contribution in [0.5, 0.6) is 0 Å². The van der Waals surface area contributed by atoms with Gasteiger partial charge < -0.3 is 9.31 Å². The van der Waals surface area contributed by atoms with E-state index in [1.807, 2.05) is 37.3 Å². The molecule has 2 atom stereocenters. The van der Waals surface area contributed by atoms with Gasteiger partial charge in [-0.25, -0.2) is 15.0 Å². The van der Waals surface area contributed by atoms with E-state index in [4.69, 9.17) is 24.3 Å². The van der Waals surface area contributed by atoms with Gasteiger partial charge in [0.15, 0.2) is 11.6 Å². The molecule has 0 radical (unpaired) electrons. The molecule has 0 spiro atoms. The van der Waals surface area contributed by atoms with E-state index in [9.17, 15) is 0 Å².